The third-order valence-electron chi connectivity index (χ3n) is 4.43. The van der Waals surface area contributed by atoms with Crippen molar-refractivity contribution in [3.05, 3.63) is 71.8 Å². The summed E-state index contributed by atoms with van der Waals surface area (Å²) in [6.45, 7) is 5.59. The standard InChI is InChI=1S/C20H19NO3/c1-12-18(20(23)17-7-5-4-6-16(17)19(12)22)21-15-10-8-14(9-11-15)13(2)24-3/h4-12,18,21H,2H2,1,3H3. The van der Waals surface area contributed by atoms with Crippen molar-refractivity contribution in [2.75, 3.05) is 12.4 Å². The van der Waals surface area contributed by atoms with Gasteiger partial charge in [0.1, 0.15) is 5.76 Å². The van der Waals surface area contributed by atoms with Crippen LogP contribution in [-0.4, -0.2) is 24.7 Å². The summed E-state index contributed by atoms with van der Waals surface area (Å²) in [5, 5.41) is 3.19. The van der Waals surface area contributed by atoms with Gasteiger partial charge in [-0.3, -0.25) is 9.59 Å². The van der Waals surface area contributed by atoms with Gasteiger partial charge in [0.2, 0.25) is 0 Å². The van der Waals surface area contributed by atoms with E-state index in [0.717, 1.165) is 11.3 Å². The largest absolute Gasteiger partial charge is 0.497 e. The van der Waals surface area contributed by atoms with Gasteiger partial charge in [0.25, 0.3) is 0 Å². The number of hydrogen-bond donors (Lipinski definition) is 1. The smallest absolute Gasteiger partial charge is 0.186 e. The number of carbonyl (C=O) groups is 2. The molecule has 1 aliphatic carbocycles. The summed E-state index contributed by atoms with van der Waals surface area (Å²) in [5.74, 6) is 0.101. The van der Waals surface area contributed by atoms with Gasteiger partial charge in [0, 0.05) is 28.3 Å². The van der Waals surface area contributed by atoms with Gasteiger partial charge >= 0.3 is 0 Å². The molecular weight excluding hydrogens is 302 g/mol. The number of anilines is 1. The maximum atomic E-state index is 12.7. The molecule has 0 saturated heterocycles. The van der Waals surface area contributed by atoms with Crippen molar-refractivity contribution in [2.45, 2.75) is 13.0 Å². The first-order chi connectivity index (χ1) is 11.5. The van der Waals surface area contributed by atoms with Crippen LogP contribution >= 0.6 is 0 Å². The summed E-state index contributed by atoms with van der Waals surface area (Å²) < 4.78 is 5.10. The van der Waals surface area contributed by atoms with Crippen LogP contribution in [0.2, 0.25) is 0 Å². The number of nitrogens with one attached hydrogen (secondary N) is 1. The summed E-state index contributed by atoms with van der Waals surface area (Å²) in [6, 6.07) is 13.9. The van der Waals surface area contributed by atoms with Crippen LogP contribution in [0.25, 0.3) is 5.76 Å². The number of rotatable bonds is 4. The second-order valence-electron chi connectivity index (χ2n) is 5.89. The van der Waals surface area contributed by atoms with E-state index in [4.69, 9.17) is 4.74 Å². The number of methoxy groups -OCH3 is 1. The molecule has 1 aliphatic rings. The molecule has 0 radical (unpaired) electrons. The number of hydrogen-bond acceptors (Lipinski definition) is 4. The summed E-state index contributed by atoms with van der Waals surface area (Å²) >= 11 is 0. The Morgan fingerprint density at radius 2 is 1.58 bits per heavy atom. The lowest BCUT2D eigenvalue weighted by Gasteiger charge is -2.29. The lowest BCUT2D eigenvalue weighted by molar-refractivity contribution is 0.0817. The molecule has 0 amide bonds. The molecule has 1 N–H and O–H groups in total. The monoisotopic (exact) mass is 321 g/mol. The maximum absolute atomic E-state index is 12.7. The van der Waals surface area contributed by atoms with Crippen molar-refractivity contribution in [3.8, 4) is 0 Å². The molecule has 0 aromatic heterocycles. The van der Waals surface area contributed by atoms with Crippen molar-refractivity contribution < 1.29 is 14.3 Å². The molecule has 0 bridgehead atoms. The Morgan fingerprint density at radius 3 is 2.17 bits per heavy atom. The second kappa shape index (κ2) is 6.32. The SMILES string of the molecule is C=C(OC)c1ccc(NC2C(=O)c3ccccc3C(=O)C2C)cc1. The predicted octanol–water partition coefficient (Wildman–Crippen LogP) is 3.80. The van der Waals surface area contributed by atoms with E-state index in [1.807, 2.05) is 24.3 Å². The van der Waals surface area contributed by atoms with Crippen molar-refractivity contribution in [3.63, 3.8) is 0 Å². The molecule has 122 valence electrons. The molecule has 0 fully saturated rings. The molecule has 0 spiro atoms. The van der Waals surface area contributed by atoms with Crippen molar-refractivity contribution in [1.29, 1.82) is 0 Å². The number of Topliss-reactive ketones (excluding diaryl/α,β-unsaturated/α-hetero) is 2. The Balaban J connectivity index is 1.86. The Hall–Kier alpha value is -2.88. The average molecular weight is 321 g/mol. The number of ketones is 2. The van der Waals surface area contributed by atoms with E-state index in [1.54, 1.807) is 38.3 Å². The molecule has 4 nitrogen and oxygen atoms in total. The van der Waals surface area contributed by atoms with Gasteiger partial charge in [-0.1, -0.05) is 37.8 Å². The van der Waals surface area contributed by atoms with Gasteiger partial charge in [-0.25, -0.2) is 0 Å². The molecule has 2 aromatic carbocycles. The van der Waals surface area contributed by atoms with Gasteiger partial charge in [-0.15, -0.1) is 0 Å². The fourth-order valence-electron chi connectivity index (χ4n) is 2.94. The van der Waals surface area contributed by atoms with Gasteiger partial charge in [-0.2, -0.15) is 0 Å². The van der Waals surface area contributed by atoms with Crippen LogP contribution in [0.5, 0.6) is 0 Å². The molecule has 2 atom stereocenters. The van der Waals surface area contributed by atoms with E-state index in [-0.39, 0.29) is 11.6 Å². The van der Waals surface area contributed by atoms with Gasteiger partial charge < -0.3 is 10.1 Å². The molecule has 0 heterocycles. The maximum Gasteiger partial charge on any atom is 0.186 e. The van der Waals surface area contributed by atoms with E-state index in [0.29, 0.717) is 16.9 Å². The zero-order valence-electron chi connectivity index (χ0n) is 13.7. The molecule has 24 heavy (non-hydrogen) atoms. The Morgan fingerprint density at radius 1 is 1.00 bits per heavy atom. The fraction of sp³-hybridized carbons (Fsp3) is 0.200. The zero-order valence-corrected chi connectivity index (χ0v) is 13.7. The molecule has 4 heteroatoms. The lowest BCUT2D eigenvalue weighted by Crippen LogP contribution is -2.44. The number of carbonyl (C=O) groups excluding carboxylic acids is 2. The Bertz CT molecular complexity index is 808. The van der Waals surface area contributed by atoms with Crippen molar-refractivity contribution >= 4 is 23.0 Å². The van der Waals surface area contributed by atoms with E-state index in [1.165, 1.54) is 0 Å². The first-order valence-corrected chi connectivity index (χ1v) is 7.80. The van der Waals surface area contributed by atoms with Crippen LogP contribution in [0.15, 0.2) is 55.1 Å². The molecular formula is C20H19NO3. The number of fused-ring (bicyclic) bond motifs is 1. The first kappa shape index (κ1) is 16.0. The zero-order chi connectivity index (χ0) is 17.3. The van der Waals surface area contributed by atoms with Crippen LogP contribution in [0.4, 0.5) is 5.69 Å². The Kier molecular flexibility index (Phi) is 4.21. The highest BCUT2D eigenvalue weighted by Crippen LogP contribution is 2.28. The molecule has 2 aromatic rings. The van der Waals surface area contributed by atoms with Crippen LogP contribution < -0.4 is 5.32 Å². The minimum atomic E-state index is -0.566. The summed E-state index contributed by atoms with van der Waals surface area (Å²) in [5.41, 5.74) is 2.65. The quantitative estimate of drug-likeness (QED) is 0.870. The highest BCUT2D eigenvalue weighted by Gasteiger charge is 2.38. The third-order valence-corrected chi connectivity index (χ3v) is 4.43. The Labute approximate surface area is 141 Å². The fourth-order valence-corrected chi connectivity index (χ4v) is 2.94. The third kappa shape index (κ3) is 2.71. The van der Waals surface area contributed by atoms with E-state index < -0.39 is 12.0 Å². The number of benzene rings is 2. The minimum Gasteiger partial charge on any atom is -0.497 e. The molecule has 2 unspecified atom stereocenters. The van der Waals surface area contributed by atoms with Gasteiger partial charge in [0.05, 0.1) is 13.2 Å². The lowest BCUT2D eigenvalue weighted by atomic mass is 9.79. The van der Waals surface area contributed by atoms with E-state index >= 15 is 0 Å². The number of ether oxygens (including phenoxy) is 1. The normalized spacial score (nSPS) is 19.6. The van der Waals surface area contributed by atoms with Crippen LogP contribution in [0, 0.1) is 5.92 Å². The van der Waals surface area contributed by atoms with E-state index in [9.17, 15) is 9.59 Å². The van der Waals surface area contributed by atoms with Gasteiger partial charge in [-0.05, 0) is 24.3 Å². The predicted molar refractivity (Wildman–Crippen MR) is 94.2 cm³/mol. The average Bonchev–Trinajstić information content (AvgIpc) is 2.63. The topological polar surface area (TPSA) is 55.4 Å². The second-order valence-corrected chi connectivity index (χ2v) is 5.89. The molecule has 3 rings (SSSR count). The van der Waals surface area contributed by atoms with Crippen molar-refractivity contribution in [2.24, 2.45) is 5.92 Å². The van der Waals surface area contributed by atoms with Gasteiger partial charge in [0.15, 0.2) is 11.6 Å². The van der Waals surface area contributed by atoms with Crippen LogP contribution in [-0.2, 0) is 4.74 Å². The van der Waals surface area contributed by atoms with Crippen LogP contribution in [0.1, 0.15) is 33.2 Å². The summed E-state index contributed by atoms with van der Waals surface area (Å²) in [7, 11) is 1.57. The molecule has 0 aliphatic heterocycles. The summed E-state index contributed by atoms with van der Waals surface area (Å²) in [6.07, 6.45) is 0. The highest BCUT2D eigenvalue weighted by atomic mass is 16.5. The van der Waals surface area contributed by atoms with Crippen molar-refractivity contribution in [1.82, 2.24) is 0 Å². The van der Waals surface area contributed by atoms with Crippen LogP contribution in [0.3, 0.4) is 0 Å². The highest BCUT2D eigenvalue weighted by molar-refractivity contribution is 6.18. The minimum absolute atomic E-state index is 0.00733. The molecule has 0 saturated carbocycles. The first-order valence-electron chi connectivity index (χ1n) is 7.80. The summed E-state index contributed by atoms with van der Waals surface area (Å²) in [4.78, 5) is 25.3. The van der Waals surface area contributed by atoms with E-state index in [2.05, 4.69) is 11.9 Å².